The van der Waals surface area contributed by atoms with Crippen molar-refractivity contribution in [3.63, 3.8) is 0 Å². The molecule has 140 valence electrons. The van der Waals surface area contributed by atoms with E-state index in [-0.39, 0.29) is 18.1 Å². The molecule has 0 bridgehead atoms. The molecule has 2 atom stereocenters. The Hall–Kier alpha value is -1.99. The summed E-state index contributed by atoms with van der Waals surface area (Å²) in [6.07, 6.45) is 5.41. The van der Waals surface area contributed by atoms with Crippen LogP contribution >= 0.6 is 11.6 Å². The standard InChI is InChI=1S/C18H24ClN5O2/c1-3-12-10-14(22-16(12)19)17(25)23-13-6-9-24(11-15(13)26-4-2)18-20-7-5-8-21-18/h5,7-8,13,15H,3-4,6,9-11H2,1-2H3,(H,23,25)/t13-,15+/m1/s1. The van der Waals surface area contributed by atoms with E-state index in [1.807, 2.05) is 13.8 Å². The molecule has 0 aliphatic carbocycles. The van der Waals surface area contributed by atoms with Crippen LogP contribution in [0.1, 0.15) is 33.1 Å². The molecule has 7 nitrogen and oxygen atoms in total. The van der Waals surface area contributed by atoms with E-state index in [9.17, 15) is 4.79 Å². The van der Waals surface area contributed by atoms with Crippen LogP contribution in [0.2, 0.25) is 0 Å². The number of hydrogen-bond acceptors (Lipinski definition) is 6. The Bertz CT molecular complexity index is 707. The number of aromatic nitrogens is 2. The van der Waals surface area contributed by atoms with Crippen molar-refractivity contribution in [2.24, 2.45) is 4.99 Å². The quantitative estimate of drug-likeness (QED) is 0.769. The molecule has 1 aromatic heterocycles. The summed E-state index contributed by atoms with van der Waals surface area (Å²) in [5, 5.41) is 3.54. The number of aliphatic imine (C=N–C) groups is 1. The first kappa shape index (κ1) is 18.8. The van der Waals surface area contributed by atoms with Gasteiger partial charge < -0.3 is 15.0 Å². The Labute approximate surface area is 158 Å². The molecule has 1 N–H and O–H groups in total. The Morgan fingerprint density at radius 3 is 2.81 bits per heavy atom. The number of rotatable bonds is 6. The van der Waals surface area contributed by atoms with Gasteiger partial charge in [-0.25, -0.2) is 15.0 Å². The van der Waals surface area contributed by atoms with Crippen molar-refractivity contribution in [3.8, 4) is 0 Å². The second-order valence-corrected chi connectivity index (χ2v) is 6.70. The van der Waals surface area contributed by atoms with Gasteiger partial charge in [0.25, 0.3) is 5.91 Å². The predicted octanol–water partition coefficient (Wildman–Crippen LogP) is 2.28. The molecule has 2 aliphatic rings. The number of carbonyl (C=O) groups excluding carboxylic acids is 1. The van der Waals surface area contributed by atoms with Gasteiger partial charge in [0.05, 0.1) is 12.1 Å². The smallest absolute Gasteiger partial charge is 0.266 e. The molecule has 0 spiro atoms. The number of allylic oxidation sites excluding steroid dienone is 1. The molecule has 3 rings (SSSR count). The topological polar surface area (TPSA) is 79.7 Å². The van der Waals surface area contributed by atoms with Gasteiger partial charge in [0.2, 0.25) is 5.95 Å². The highest BCUT2D eigenvalue weighted by Gasteiger charge is 2.33. The number of amides is 1. The molecule has 0 unspecified atom stereocenters. The Kier molecular flexibility index (Phi) is 6.21. The average molecular weight is 378 g/mol. The van der Waals surface area contributed by atoms with Crippen molar-refractivity contribution in [2.45, 2.75) is 45.3 Å². The highest BCUT2D eigenvalue weighted by Crippen LogP contribution is 2.26. The van der Waals surface area contributed by atoms with Crippen molar-refractivity contribution in [1.29, 1.82) is 0 Å². The van der Waals surface area contributed by atoms with E-state index in [4.69, 9.17) is 16.3 Å². The van der Waals surface area contributed by atoms with Gasteiger partial charge >= 0.3 is 0 Å². The Balaban J connectivity index is 1.63. The lowest BCUT2D eigenvalue weighted by Gasteiger charge is -2.38. The van der Waals surface area contributed by atoms with Crippen molar-refractivity contribution in [3.05, 3.63) is 29.2 Å². The summed E-state index contributed by atoms with van der Waals surface area (Å²) in [6.45, 7) is 5.93. The molecule has 0 aromatic carbocycles. The van der Waals surface area contributed by atoms with Crippen molar-refractivity contribution >= 4 is 29.2 Å². The molecule has 1 fully saturated rings. The minimum Gasteiger partial charge on any atom is -0.375 e. The van der Waals surface area contributed by atoms with Gasteiger partial charge in [0, 0.05) is 38.5 Å². The number of nitrogens with one attached hydrogen (secondary N) is 1. The number of carbonyl (C=O) groups is 1. The lowest BCUT2D eigenvalue weighted by molar-refractivity contribution is -0.117. The molecule has 1 saturated heterocycles. The number of piperidine rings is 1. The zero-order valence-corrected chi connectivity index (χ0v) is 15.9. The van der Waals surface area contributed by atoms with Crippen LogP contribution in [-0.4, -0.2) is 53.4 Å². The third-order valence-corrected chi connectivity index (χ3v) is 5.04. The summed E-state index contributed by atoms with van der Waals surface area (Å²) in [7, 11) is 0. The number of ether oxygens (including phenoxy) is 1. The summed E-state index contributed by atoms with van der Waals surface area (Å²) in [4.78, 5) is 27.5. The number of anilines is 1. The van der Waals surface area contributed by atoms with Crippen LogP contribution in [0.15, 0.2) is 34.2 Å². The fourth-order valence-electron chi connectivity index (χ4n) is 3.27. The van der Waals surface area contributed by atoms with E-state index in [1.54, 1.807) is 18.5 Å². The van der Waals surface area contributed by atoms with Crippen LogP contribution in [0.4, 0.5) is 5.95 Å². The molecule has 8 heteroatoms. The van der Waals surface area contributed by atoms with E-state index in [1.165, 1.54) is 0 Å². The third-order valence-electron chi connectivity index (χ3n) is 4.69. The van der Waals surface area contributed by atoms with E-state index in [0.717, 1.165) is 25.0 Å². The lowest BCUT2D eigenvalue weighted by atomic mass is 10.0. The first-order chi connectivity index (χ1) is 12.6. The van der Waals surface area contributed by atoms with Gasteiger partial charge in [0.1, 0.15) is 10.9 Å². The maximum Gasteiger partial charge on any atom is 0.266 e. The van der Waals surface area contributed by atoms with Crippen LogP contribution in [0, 0.1) is 0 Å². The molecule has 3 heterocycles. The summed E-state index contributed by atoms with van der Waals surface area (Å²) in [5.74, 6) is 0.524. The van der Waals surface area contributed by atoms with E-state index in [0.29, 0.717) is 36.4 Å². The third kappa shape index (κ3) is 4.22. The number of hydrogen-bond donors (Lipinski definition) is 1. The molecule has 1 aromatic rings. The predicted molar refractivity (Wildman–Crippen MR) is 101 cm³/mol. The van der Waals surface area contributed by atoms with Crippen LogP contribution < -0.4 is 10.2 Å². The van der Waals surface area contributed by atoms with Gasteiger partial charge in [-0.3, -0.25) is 4.79 Å². The molecule has 26 heavy (non-hydrogen) atoms. The van der Waals surface area contributed by atoms with Crippen molar-refractivity contribution in [1.82, 2.24) is 15.3 Å². The van der Waals surface area contributed by atoms with Crippen LogP contribution in [0.3, 0.4) is 0 Å². The average Bonchev–Trinajstić information content (AvgIpc) is 3.05. The van der Waals surface area contributed by atoms with Gasteiger partial charge in [-0.1, -0.05) is 18.5 Å². The van der Waals surface area contributed by atoms with Crippen molar-refractivity contribution in [2.75, 3.05) is 24.6 Å². The zero-order chi connectivity index (χ0) is 18.5. The van der Waals surface area contributed by atoms with Crippen LogP contribution in [-0.2, 0) is 9.53 Å². The zero-order valence-electron chi connectivity index (χ0n) is 15.1. The summed E-state index contributed by atoms with van der Waals surface area (Å²) < 4.78 is 5.89. The fraction of sp³-hybridized carbons (Fsp3) is 0.556. The molecule has 1 amide bonds. The van der Waals surface area contributed by atoms with Gasteiger partial charge in [-0.2, -0.15) is 0 Å². The van der Waals surface area contributed by atoms with Crippen LogP contribution in [0.5, 0.6) is 0 Å². The highest BCUT2D eigenvalue weighted by molar-refractivity contribution is 6.43. The minimum atomic E-state index is -0.161. The van der Waals surface area contributed by atoms with E-state index < -0.39 is 0 Å². The highest BCUT2D eigenvalue weighted by atomic mass is 35.5. The monoisotopic (exact) mass is 377 g/mol. The number of nitrogens with zero attached hydrogens (tertiary/aromatic N) is 4. The summed E-state index contributed by atoms with van der Waals surface area (Å²) in [6, 6.07) is 1.72. The normalized spacial score (nSPS) is 23.2. The minimum absolute atomic E-state index is 0.0745. The lowest BCUT2D eigenvalue weighted by Crippen LogP contribution is -2.56. The molecular formula is C18H24ClN5O2. The Morgan fingerprint density at radius 1 is 1.38 bits per heavy atom. The summed E-state index contributed by atoms with van der Waals surface area (Å²) >= 11 is 6.09. The van der Waals surface area contributed by atoms with Gasteiger partial charge in [0.15, 0.2) is 0 Å². The Morgan fingerprint density at radius 2 is 2.15 bits per heavy atom. The second-order valence-electron chi connectivity index (χ2n) is 6.34. The molecular weight excluding hydrogens is 354 g/mol. The second kappa shape index (κ2) is 8.60. The van der Waals surface area contributed by atoms with Crippen LogP contribution in [0.25, 0.3) is 0 Å². The van der Waals surface area contributed by atoms with Crippen molar-refractivity contribution < 1.29 is 9.53 Å². The maximum absolute atomic E-state index is 12.6. The molecule has 2 aliphatic heterocycles. The molecule has 0 saturated carbocycles. The largest absolute Gasteiger partial charge is 0.375 e. The SMILES string of the molecule is CCO[C@H]1CN(c2ncccn2)CC[C@H]1NC(=O)C1=NC(Cl)=C(CC)C1. The summed E-state index contributed by atoms with van der Waals surface area (Å²) in [5.41, 5.74) is 1.49. The van der Waals surface area contributed by atoms with E-state index >= 15 is 0 Å². The van der Waals surface area contributed by atoms with E-state index in [2.05, 4.69) is 25.2 Å². The molecule has 0 radical (unpaired) electrons. The fourth-order valence-corrected chi connectivity index (χ4v) is 3.57. The maximum atomic E-state index is 12.6. The first-order valence-electron chi connectivity index (χ1n) is 9.01. The van der Waals surface area contributed by atoms with Gasteiger partial charge in [-0.05, 0) is 31.4 Å². The number of halogens is 1. The first-order valence-corrected chi connectivity index (χ1v) is 9.39. The van der Waals surface area contributed by atoms with Gasteiger partial charge in [-0.15, -0.1) is 0 Å².